The molecule has 1 aromatic rings. The van der Waals surface area contributed by atoms with Crippen molar-refractivity contribution < 1.29 is 0 Å². The van der Waals surface area contributed by atoms with Crippen molar-refractivity contribution in [2.45, 2.75) is 72.9 Å². The minimum absolute atomic E-state index is 0.380. The van der Waals surface area contributed by atoms with Gasteiger partial charge in [-0.15, -0.1) is 0 Å². The Morgan fingerprint density at radius 1 is 1.22 bits per heavy atom. The minimum Gasteiger partial charge on any atom is -0.308 e. The zero-order chi connectivity index (χ0) is 13.7. The maximum atomic E-state index is 4.58. The van der Waals surface area contributed by atoms with E-state index in [0.29, 0.717) is 12.1 Å². The highest BCUT2D eigenvalue weighted by molar-refractivity contribution is 5.33. The molecule has 102 valence electrons. The van der Waals surface area contributed by atoms with E-state index in [1.807, 2.05) is 0 Å². The summed E-state index contributed by atoms with van der Waals surface area (Å²) in [7, 11) is 0. The quantitative estimate of drug-likeness (QED) is 0.814. The molecule has 0 aliphatic heterocycles. The summed E-state index contributed by atoms with van der Waals surface area (Å²) in [6, 6.07) is 3.13. The van der Waals surface area contributed by atoms with Crippen molar-refractivity contribution >= 4 is 0 Å². The van der Waals surface area contributed by atoms with Gasteiger partial charge >= 0.3 is 0 Å². The van der Waals surface area contributed by atoms with Gasteiger partial charge in [0.2, 0.25) is 0 Å². The molecule has 0 amide bonds. The average Bonchev–Trinajstić information content (AvgIpc) is 2.24. The first-order valence-electron chi connectivity index (χ1n) is 7.16. The molecule has 2 heteroatoms. The van der Waals surface area contributed by atoms with Crippen LogP contribution in [0.25, 0.3) is 0 Å². The number of pyridine rings is 1. The summed E-state index contributed by atoms with van der Waals surface area (Å²) >= 11 is 0. The van der Waals surface area contributed by atoms with Gasteiger partial charge in [-0.3, -0.25) is 4.98 Å². The van der Waals surface area contributed by atoms with Crippen LogP contribution in [0.3, 0.4) is 0 Å². The smallest absolute Gasteiger partial charge is 0.0426 e. The van der Waals surface area contributed by atoms with Crippen LogP contribution in [0.15, 0.2) is 6.07 Å². The molecule has 0 aliphatic rings. The van der Waals surface area contributed by atoms with Crippen molar-refractivity contribution in [3.05, 3.63) is 28.6 Å². The van der Waals surface area contributed by atoms with E-state index in [0.717, 1.165) is 11.4 Å². The zero-order valence-electron chi connectivity index (χ0n) is 12.8. The van der Waals surface area contributed by atoms with Gasteiger partial charge < -0.3 is 5.32 Å². The van der Waals surface area contributed by atoms with Crippen LogP contribution in [0.2, 0.25) is 0 Å². The lowest BCUT2D eigenvalue weighted by atomic mass is 9.99. The second kappa shape index (κ2) is 6.89. The van der Waals surface area contributed by atoms with Crippen LogP contribution >= 0.6 is 0 Å². The third-order valence-corrected chi connectivity index (χ3v) is 3.54. The Hall–Kier alpha value is -0.890. The van der Waals surface area contributed by atoms with Crippen LogP contribution in [0, 0.1) is 20.8 Å². The molecule has 1 N–H and O–H groups in total. The maximum absolute atomic E-state index is 4.58. The second-order valence-corrected chi connectivity index (χ2v) is 5.51. The summed E-state index contributed by atoms with van der Waals surface area (Å²) in [6.45, 7) is 13.1. The molecule has 2 nitrogen and oxygen atoms in total. The van der Waals surface area contributed by atoms with Crippen LogP contribution in [-0.2, 0) is 0 Å². The maximum Gasteiger partial charge on any atom is 0.0426 e. The van der Waals surface area contributed by atoms with Gasteiger partial charge in [0.25, 0.3) is 0 Å². The van der Waals surface area contributed by atoms with Gasteiger partial charge in [0.1, 0.15) is 0 Å². The molecule has 2 unspecified atom stereocenters. The molecule has 0 aliphatic carbocycles. The van der Waals surface area contributed by atoms with E-state index in [-0.39, 0.29) is 0 Å². The van der Waals surface area contributed by atoms with Gasteiger partial charge in [0.05, 0.1) is 0 Å². The molecule has 0 fully saturated rings. The van der Waals surface area contributed by atoms with Crippen molar-refractivity contribution in [3.63, 3.8) is 0 Å². The standard InChI is InChI=1S/C16H28N2/c1-7-8-9-12(3)17-14(5)16-11(2)10-13(4)18-15(16)6/h10,12,14,17H,7-9H2,1-6H3. The van der Waals surface area contributed by atoms with E-state index in [1.54, 1.807) is 0 Å². The molecule has 1 rings (SSSR count). The van der Waals surface area contributed by atoms with Crippen LogP contribution in [0.5, 0.6) is 0 Å². The Kier molecular flexibility index (Phi) is 5.80. The molecular formula is C16H28N2. The van der Waals surface area contributed by atoms with Gasteiger partial charge in [-0.2, -0.15) is 0 Å². The van der Waals surface area contributed by atoms with Crippen molar-refractivity contribution in [1.29, 1.82) is 0 Å². The third-order valence-electron chi connectivity index (χ3n) is 3.54. The summed E-state index contributed by atoms with van der Waals surface area (Å²) in [5, 5.41) is 3.69. The summed E-state index contributed by atoms with van der Waals surface area (Å²) < 4.78 is 0. The largest absolute Gasteiger partial charge is 0.308 e. The van der Waals surface area contributed by atoms with Gasteiger partial charge in [-0.1, -0.05) is 19.8 Å². The molecule has 0 spiro atoms. The summed E-state index contributed by atoms with van der Waals surface area (Å²) in [6.07, 6.45) is 3.81. The van der Waals surface area contributed by atoms with E-state index < -0.39 is 0 Å². The predicted octanol–water partition coefficient (Wildman–Crippen LogP) is 4.24. The topological polar surface area (TPSA) is 24.9 Å². The van der Waals surface area contributed by atoms with Gasteiger partial charge in [0.15, 0.2) is 0 Å². The van der Waals surface area contributed by atoms with E-state index in [9.17, 15) is 0 Å². The molecule has 0 radical (unpaired) electrons. The fraction of sp³-hybridized carbons (Fsp3) is 0.688. The number of hydrogen-bond acceptors (Lipinski definition) is 2. The van der Waals surface area contributed by atoms with E-state index in [4.69, 9.17) is 0 Å². The molecule has 0 saturated heterocycles. The summed E-state index contributed by atoms with van der Waals surface area (Å²) in [4.78, 5) is 4.58. The molecule has 1 heterocycles. The fourth-order valence-corrected chi connectivity index (χ4v) is 2.79. The molecule has 2 atom stereocenters. The number of hydrogen-bond donors (Lipinski definition) is 1. The Labute approximate surface area is 112 Å². The van der Waals surface area contributed by atoms with Crippen LogP contribution < -0.4 is 5.32 Å². The van der Waals surface area contributed by atoms with Gasteiger partial charge in [0, 0.05) is 23.5 Å². The Balaban J connectivity index is 2.75. The Bertz CT molecular complexity index is 362. The minimum atomic E-state index is 0.380. The van der Waals surface area contributed by atoms with E-state index in [2.05, 4.69) is 57.9 Å². The van der Waals surface area contributed by atoms with E-state index >= 15 is 0 Å². The average molecular weight is 248 g/mol. The zero-order valence-corrected chi connectivity index (χ0v) is 12.8. The van der Waals surface area contributed by atoms with Crippen LogP contribution in [0.4, 0.5) is 0 Å². The Morgan fingerprint density at radius 3 is 2.44 bits per heavy atom. The molecule has 0 bridgehead atoms. The first-order valence-corrected chi connectivity index (χ1v) is 7.16. The summed E-state index contributed by atoms with van der Waals surface area (Å²) in [5.41, 5.74) is 4.99. The number of nitrogens with zero attached hydrogens (tertiary/aromatic N) is 1. The lowest BCUT2D eigenvalue weighted by Crippen LogP contribution is -2.30. The first-order chi connectivity index (χ1) is 8.45. The second-order valence-electron chi connectivity index (χ2n) is 5.51. The van der Waals surface area contributed by atoms with Crippen LogP contribution in [0.1, 0.15) is 68.6 Å². The number of rotatable bonds is 6. The number of aryl methyl sites for hydroxylation is 3. The highest BCUT2D eigenvalue weighted by atomic mass is 14.9. The molecule has 1 aromatic heterocycles. The molecule has 18 heavy (non-hydrogen) atoms. The highest BCUT2D eigenvalue weighted by Gasteiger charge is 2.14. The van der Waals surface area contributed by atoms with Crippen molar-refractivity contribution in [2.24, 2.45) is 0 Å². The lowest BCUT2D eigenvalue weighted by Gasteiger charge is -2.23. The van der Waals surface area contributed by atoms with E-state index in [1.165, 1.54) is 30.4 Å². The molecular weight excluding hydrogens is 220 g/mol. The number of aromatic nitrogens is 1. The lowest BCUT2D eigenvalue weighted by molar-refractivity contribution is 0.441. The monoisotopic (exact) mass is 248 g/mol. The van der Waals surface area contributed by atoms with Crippen molar-refractivity contribution in [3.8, 4) is 0 Å². The van der Waals surface area contributed by atoms with Crippen molar-refractivity contribution in [1.82, 2.24) is 10.3 Å². The van der Waals surface area contributed by atoms with Gasteiger partial charge in [-0.05, 0) is 58.2 Å². The third kappa shape index (κ3) is 4.09. The normalized spacial score (nSPS) is 14.6. The summed E-state index contributed by atoms with van der Waals surface area (Å²) in [5.74, 6) is 0. The fourth-order valence-electron chi connectivity index (χ4n) is 2.79. The highest BCUT2D eigenvalue weighted by Crippen LogP contribution is 2.22. The Morgan fingerprint density at radius 2 is 1.89 bits per heavy atom. The number of nitrogens with one attached hydrogen (secondary N) is 1. The first kappa shape index (κ1) is 15.2. The van der Waals surface area contributed by atoms with Crippen molar-refractivity contribution in [2.75, 3.05) is 0 Å². The van der Waals surface area contributed by atoms with Crippen LogP contribution in [-0.4, -0.2) is 11.0 Å². The number of unbranched alkanes of at least 4 members (excludes halogenated alkanes) is 1. The molecule has 0 saturated carbocycles. The van der Waals surface area contributed by atoms with Gasteiger partial charge in [-0.25, -0.2) is 0 Å². The molecule has 0 aromatic carbocycles. The predicted molar refractivity (Wildman–Crippen MR) is 79.0 cm³/mol. The SMILES string of the molecule is CCCCC(C)NC(C)c1c(C)cc(C)nc1C.